The third-order valence-corrected chi connectivity index (χ3v) is 3.95. The molecule has 128 valence electrons. The summed E-state index contributed by atoms with van der Waals surface area (Å²) < 4.78 is 7.45. The number of hydrogen-bond donors (Lipinski definition) is 0. The monoisotopic (exact) mass is 335 g/mol. The van der Waals surface area contributed by atoms with E-state index in [9.17, 15) is 4.79 Å². The zero-order chi connectivity index (χ0) is 17.5. The lowest BCUT2D eigenvalue weighted by atomic mass is 10.2. The van der Waals surface area contributed by atoms with Crippen molar-refractivity contribution in [1.29, 1.82) is 0 Å². The number of aryl methyl sites for hydroxylation is 1. The van der Waals surface area contributed by atoms with E-state index in [1.165, 1.54) is 0 Å². The zero-order valence-electron chi connectivity index (χ0n) is 14.2. The molecule has 0 unspecified atom stereocenters. The number of carbonyl (C=O) groups excluding carboxylic acids is 1. The molecule has 0 aliphatic rings. The quantitative estimate of drug-likeness (QED) is 0.683. The van der Waals surface area contributed by atoms with Gasteiger partial charge in [0.05, 0.1) is 13.1 Å². The van der Waals surface area contributed by atoms with Crippen LogP contribution in [0.2, 0.25) is 0 Å². The summed E-state index contributed by atoms with van der Waals surface area (Å²) in [5.74, 6) is 0.903. The minimum atomic E-state index is -0.354. The highest BCUT2D eigenvalue weighted by atomic mass is 16.6. The fraction of sp³-hybridized carbons (Fsp3) is 0.200. The Morgan fingerprint density at radius 3 is 2.40 bits per heavy atom. The van der Waals surface area contributed by atoms with E-state index in [0.29, 0.717) is 19.7 Å². The van der Waals surface area contributed by atoms with Gasteiger partial charge in [0.2, 0.25) is 0 Å². The summed E-state index contributed by atoms with van der Waals surface area (Å²) >= 11 is 0. The van der Waals surface area contributed by atoms with Crippen molar-refractivity contribution in [2.45, 2.75) is 20.0 Å². The minimum Gasteiger partial charge on any atom is -0.447 e. The number of hydrogen-bond acceptors (Lipinski definition) is 3. The van der Waals surface area contributed by atoms with Gasteiger partial charge in [-0.25, -0.2) is 9.78 Å². The number of carbonyl (C=O) groups is 1. The molecule has 0 aliphatic carbocycles. The Kier molecular flexibility index (Phi) is 5.46. The Bertz CT molecular complexity index is 800. The van der Waals surface area contributed by atoms with E-state index in [-0.39, 0.29) is 6.09 Å². The molecule has 25 heavy (non-hydrogen) atoms. The van der Waals surface area contributed by atoms with Crippen molar-refractivity contribution < 1.29 is 9.53 Å². The Morgan fingerprint density at radius 1 is 1.08 bits per heavy atom. The fourth-order valence-electron chi connectivity index (χ4n) is 2.58. The first-order valence-electron chi connectivity index (χ1n) is 8.25. The first kappa shape index (κ1) is 16.8. The second kappa shape index (κ2) is 8.15. The molecule has 1 aromatic heterocycles. The summed E-state index contributed by atoms with van der Waals surface area (Å²) in [6, 6.07) is 19.5. The number of anilines is 1. The van der Waals surface area contributed by atoms with Crippen LogP contribution >= 0.6 is 0 Å². The highest BCUT2D eigenvalue weighted by molar-refractivity contribution is 5.87. The maximum Gasteiger partial charge on any atom is 0.414 e. The van der Waals surface area contributed by atoms with Crippen LogP contribution in [0.15, 0.2) is 73.1 Å². The molecular formula is C20H21N3O2. The van der Waals surface area contributed by atoms with Gasteiger partial charge in [-0.15, -0.1) is 0 Å². The van der Waals surface area contributed by atoms with Crippen LogP contribution in [0, 0.1) is 6.92 Å². The van der Waals surface area contributed by atoms with E-state index >= 15 is 0 Å². The van der Waals surface area contributed by atoms with Gasteiger partial charge in [0.15, 0.2) is 0 Å². The molecule has 3 aromatic rings. The molecule has 0 N–H and O–H groups in total. The van der Waals surface area contributed by atoms with Gasteiger partial charge in [-0.3, -0.25) is 4.90 Å². The van der Waals surface area contributed by atoms with Crippen molar-refractivity contribution >= 4 is 11.8 Å². The number of nitrogens with zero attached hydrogens (tertiary/aromatic N) is 3. The highest BCUT2D eigenvalue weighted by Crippen LogP contribution is 2.18. The Hall–Kier alpha value is -3.08. The van der Waals surface area contributed by atoms with E-state index in [1.807, 2.05) is 78.4 Å². The summed E-state index contributed by atoms with van der Waals surface area (Å²) in [7, 11) is 0. The molecule has 0 atom stereocenters. The van der Waals surface area contributed by atoms with Gasteiger partial charge < -0.3 is 9.30 Å². The summed E-state index contributed by atoms with van der Waals surface area (Å²) in [5.41, 5.74) is 1.86. The predicted molar refractivity (Wildman–Crippen MR) is 97.4 cm³/mol. The van der Waals surface area contributed by atoms with E-state index in [1.54, 1.807) is 11.1 Å². The van der Waals surface area contributed by atoms with Gasteiger partial charge >= 0.3 is 6.09 Å². The van der Waals surface area contributed by atoms with Crippen LogP contribution < -0.4 is 4.90 Å². The Morgan fingerprint density at radius 2 is 1.76 bits per heavy atom. The summed E-state index contributed by atoms with van der Waals surface area (Å²) in [5, 5.41) is 0. The van der Waals surface area contributed by atoms with Crippen molar-refractivity contribution in [3.05, 3.63) is 84.4 Å². The second-order valence-electron chi connectivity index (χ2n) is 5.69. The van der Waals surface area contributed by atoms with E-state index in [2.05, 4.69) is 4.98 Å². The normalized spacial score (nSPS) is 10.4. The van der Waals surface area contributed by atoms with Gasteiger partial charge in [0, 0.05) is 18.1 Å². The molecule has 0 radical (unpaired) electrons. The topological polar surface area (TPSA) is 47.4 Å². The summed E-state index contributed by atoms with van der Waals surface area (Å²) in [6.07, 6.45) is 3.26. The minimum absolute atomic E-state index is 0.300. The molecule has 0 saturated carbocycles. The molecule has 0 fully saturated rings. The van der Waals surface area contributed by atoms with Gasteiger partial charge in [-0.2, -0.15) is 0 Å². The Balaban J connectivity index is 1.68. The van der Waals surface area contributed by atoms with Crippen LogP contribution in [-0.4, -0.2) is 22.3 Å². The smallest absolute Gasteiger partial charge is 0.414 e. The number of benzene rings is 2. The number of aromatic nitrogens is 2. The van der Waals surface area contributed by atoms with Gasteiger partial charge in [0.1, 0.15) is 12.4 Å². The molecule has 5 heteroatoms. The average molecular weight is 335 g/mol. The van der Waals surface area contributed by atoms with Crippen molar-refractivity contribution in [3.8, 4) is 0 Å². The number of amides is 1. The van der Waals surface area contributed by atoms with E-state index < -0.39 is 0 Å². The van der Waals surface area contributed by atoms with Gasteiger partial charge in [0.25, 0.3) is 0 Å². The molecule has 1 amide bonds. The van der Waals surface area contributed by atoms with Crippen molar-refractivity contribution in [2.75, 3.05) is 11.5 Å². The van der Waals surface area contributed by atoms with Crippen LogP contribution in [0.25, 0.3) is 0 Å². The molecule has 5 nitrogen and oxygen atoms in total. The van der Waals surface area contributed by atoms with Crippen molar-refractivity contribution in [3.63, 3.8) is 0 Å². The maximum absolute atomic E-state index is 12.6. The largest absolute Gasteiger partial charge is 0.447 e. The molecular weight excluding hydrogens is 314 g/mol. The standard InChI is InChI=1S/C20H21N3O2/c1-17-21-12-13-22(17)14-15-25-20(24)23(19-10-6-3-7-11-19)16-18-8-4-2-5-9-18/h2-13H,14-16H2,1H3. The van der Waals surface area contributed by atoms with Crippen molar-refractivity contribution in [2.24, 2.45) is 0 Å². The van der Waals surface area contributed by atoms with E-state index in [0.717, 1.165) is 17.1 Å². The molecule has 3 rings (SSSR count). The fourth-order valence-corrected chi connectivity index (χ4v) is 2.58. The number of imidazole rings is 1. The molecule has 0 bridgehead atoms. The molecule has 0 saturated heterocycles. The number of ether oxygens (including phenoxy) is 1. The lowest BCUT2D eigenvalue weighted by molar-refractivity contribution is 0.148. The lowest BCUT2D eigenvalue weighted by Gasteiger charge is -2.22. The van der Waals surface area contributed by atoms with Crippen LogP contribution in [0.3, 0.4) is 0 Å². The summed E-state index contributed by atoms with van der Waals surface area (Å²) in [6.45, 7) is 3.28. The first-order chi connectivity index (χ1) is 12.2. The predicted octanol–water partition coefficient (Wildman–Crippen LogP) is 4.03. The highest BCUT2D eigenvalue weighted by Gasteiger charge is 2.17. The first-order valence-corrected chi connectivity index (χ1v) is 8.25. The average Bonchev–Trinajstić information content (AvgIpc) is 3.06. The van der Waals surface area contributed by atoms with Gasteiger partial charge in [-0.1, -0.05) is 48.5 Å². The van der Waals surface area contributed by atoms with Gasteiger partial charge in [-0.05, 0) is 24.6 Å². The number of rotatable bonds is 6. The van der Waals surface area contributed by atoms with Crippen LogP contribution in [0.5, 0.6) is 0 Å². The third kappa shape index (κ3) is 4.47. The number of para-hydroxylation sites is 1. The maximum atomic E-state index is 12.6. The van der Waals surface area contributed by atoms with Crippen LogP contribution in [-0.2, 0) is 17.8 Å². The Labute approximate surface area is 147 Å². The molecule has 2 aromatic carbocycles. The van der Waals surface area contributed by atoms with Crippen LogP contribution in [0.1, 0.15) is 11.4 Å². The molecule has 0 aliphatic heterocycles. The van der Waals surface area contributed by atoms with Crippen molar-refractivity contribution in [1.82, 2.24) is 9.55 Å². The molecule has 1 heterocycles. The SMILES string of the molecule is Cc1nccn1CCOC(=O)N(Cc1ccccc1)c1ccccc1. The second-order valence-corrected chi connectivity index (χ2v) is 5.69. The zero-order valence-corrected chi connectivity index (χ0v) is 14.2. The summed E-state index contributed by atoms with van der Waals surface area (Å²) in [4.78, 5) is 18.5. The van der Waals surface area contributed by atoms with Crippen LogP contribution in [0.4, 0.5) is 10.5 Å². The van der Waals surface area contributed by atoms with E-state index in [4.69, 9.17) is 4.74 Å². The molecule has 0 spiro atoms. The lowest BCUT2D eigenvalue weighted by Crippen LogP contribution is -2.31. The third-order valence-electron chi connectivity index (χ3n) is 3.95.